The third-order valence-electron chi connectivity index (χ3n) is 6.00. The van der Waals surface area contributed by atoms with Crippen molar-refractivity contribution in [2.24, 2.45) is 11.2 Å². The van der Waals surface area contributed by atoms with Gasteiger partial charge in [0.1, 0.15) is 13.2 Å². The lowest BCUT2D eigenvalue weighted by molar-refractivity contribution is -0.711. The first-order valence-corrected chi connectivity index (χ1v) is 14.9. The molecule has 1 N–H and O–H groups in total. The van der Waals surface area contributed by atoms with E-state index >= 15 is 0 Å². The van der Waals surface area contributed by atoms with Crippen molar-refractivity contribution in [3.63, 3.8) is 0 Å². The van der Waals surface area contributed by atoms with Gasteiger partial charge in [0, 0.05) is 5.56 Å². The number of rotatable bonds is 13. The van der Waals surface area contributed by atoms with Gasteiger partial charge in [-0.15, -0.1) is 5.01 Å². The average Bonchev–Trinajstić information content (AvgIpc) is 3.44. The van der Waals surface area contributed by atoms with Gasteiger partial charge in [0.25, 0.3) is 16.8 Å². The number of likely N-dealkylation sites (N-methyl/N-ethyl adjacent to an activating group) is 1. The second-order valence-corrected chi connectivity index (χ2v) is 11.4. The predicted octanol–water partition coefficient (Wildman–Crippen LogP) is 4.57. The molecule has 14 nitrogen and oxygen atoms in total. The Kier molecular flexibility index (Phi) is 11.3. The molecule has 3 rings (SSSR count). The number of carbonyl (C=O) groups excluding carboxylic acids is 2. The number of halogens is 3. The number of hydrogen-bond donors (Lipinski definition) is 1. The first-order valence-electron chi connectivity index (χ1n) is 13.4. The van der Waals surface area contributed by atoms with Gasteiger partial charge in [-0.2, -0.15) is 18.3 Å². The van der Waals surface area contributed by atoms with E-state index in [9.17, 15) is 36.4 Å². The Morgan fingerprint density at radius 1 is 1.11 bits per heavy atom. The van der Waals surface area contributed by atoms with Crippen molar-refractivity contribution in [1.29, 1.82) is 0 Å². The third-order valence-corrected chi connectivity index (χ3v) is 7.33. The zero-order valence-electron chi connectivity index (χ0n) is 24.6. The number of alkyl halides is 3. The molecule has 0 saturated carbocycles. The number of amides is 1. The number of benzene rings is 2. The maximum absolute atomic E-state index is 13.5. The fraction of sp³-hybridized carbons (Fsp3) is 0.370. The van der Waals surface area contributed by atoms with Crippen LogP contribution >= 0.6 is 0 Å². The molecule has 0 aliphatic carbocycles. The van der Waals surface area contributed by atoms with Crippen LogP contribution < -0.4 is 4.72 Å². The topological polar surface area (TPSA) is 167 Å². The summed E-state index contributed by atoms with van der Waals surface area (Å²) in [5, 5.41) is 20.0. The third kappa shape index (κ3) is 9.56. The Morgan fingerprint density at radius 3 is 2.33 bits per heavy atom. The van der Waals surface area contributed by atoms with Crippen LogP contribution in [0.5, 0.6) is 0 Å². The quantitative estimate of drug-likeness (QED) is 0.0687. The van der Waals surface area contributed by atoms with Crippen LogP contribution in [0.1, 0.15) is 32.0 Å². The van der Waals surface area contributed by atoms with Gasteiger partial charge in [-0.25, -0.2) is 22.6 Å². The van der Waals surface area contributed by atoms with Crippen LogP contribution in [0.3, 0.4) is 0 Å². The smallest absolute Gasteiger partial charge is 0.435 e. The van der Waals surface area contributed by atoms with Gasteiger partial charge in [-0.05, 0) is 44.2 Å². The molecule has 0 aliphatic heterocycles. The number of nitrogens with zero attached hydrogens (tertiary/aromatic N) is 5. The SMILES string of the molecule is CCN(CCOC(=O)NS(=O)(=O)c1ccc(-n2nc(C(F)(F)F)cc2-c2ccc(C)cc2)cc1)/[N+]([O-])=N/OCOC(=O)C(C)C. The van der Waals surface area contributed by atoms with Crippen LogP contribution in [0.25, 0.3) is 16.9 Å². The molecule has 2 aromatic carbocycles. The number of esters is 1. The summed E-state index contributed by atoms with van der Waals surface area (Å²) in [7, 11) is -4.44. The summed E-state index contributed by atoms with van der Waals surface area (Å²) in [6.07, 6.45) is -6.06. The van der Waals surface area contributed by atoms with Crippen molar-refractivity contribution in [2.75, 3.05) is 26.5 Å². The van der Waals surface area contributed by atoms with Gasteiger partial charge in [0.05, 0.1) is 33.7 Å². The number of nitrogens with one attached hydrogen (secondary N) is 1. The lowest BCUT2D eigenvalue weighted by atomic mass is 10.1. The molecular weight excluding hydrogens is 625 g/mol. The van der Waals surface area contributed by atoms with E-state index in [2.05, 4.69) is 15.2 Å². The zero-order valence-corrected chi connectivity index (χ0v) is 25.5. The summed E-state index contributed by atoms with van der Waals surface area (Å²) >= 11 is 0. The lowest BCUT2D eigenvalue weighted by Crippen LogP contribution is -2.36. The minimum Gasteiger partial charge on any atom is -0.569 e. The molecule has 0 unspecified atom stereocenters. The number of aryl methyl sites for hydroxylation is 1. The van der Waals surface area contributed by atoms with E-state index < -0.39 is 53.3 Å². The van der Waals surface area contributed by atoms with Gasteiger partial charge in [0.2, 0.25) is 5.28 Å². The highest BCUT2D eigenvalue weighted by molar-refractivity contribution is 7.90. The molecule has 0 radical (unpaired) electrons. The molecule has 45 heavy (non-hydrogen) atoms. The van der Waals surface area contributed by atoms with Gasteiger partial charge in [0.15, 0.2) is 5.69 Å². The van der Waals surface area contributed by atoms with Crippen molar-refractivity contribution in [1.82, 2.24) is 19.5 Å². The summed E-state index contributed by atoms with van der Waals surface area (Å²) in [5.41, 5.74) is 0.497. The standard InChI is InChI=1S/C27H31F3N6O8S/c1-5-34(36(39)33-44-17-43-25(37)18(2)3)14-15-42-26(38)32-45(40,41)22-12-10-21(11-13-22)35-23(16-24(31-35)27(28,29)30)20-8-6-19(4)7-9-20/h6-13,16,18H,5,14-15,17H2,1-4H3,(H,32,38)/b36-33-. The first-order chi connectivity index (χ1) is 21.1. The van der Waals surface area contributed by atoms with E-state index in [1.165, 1.54) is 12.1 Å². The van der Waals surface area contributed by atoms with Crippen LogP contribution in [0.2, 0.25) is 0 Å². The molecule has 3 aromatic rings. The van der Waals surface area contributed by atoms with Crippen molar-refractivity contribution >= 4 is 22.1 Å². The van der Waals surface area contributed by atoms with Crippen molar-refractivity contribution in [3.05, 3.63) is 71.1 Å². The molecule has 0 bridgehead atoms. The summed E-state index contributed by atoms with van der Waals surface area (Å²) < 4.78 is 78.2. The molecule has 244 valence electrons. The molecule has 0 saturated heterocycles. The highest BCUT2D eigenvalue weighted by Crippen LogP contribution is 2.33. The predicted molar refractivity (Wildman–Crippen MR) is 151 cm³/mol. The van der Waals surface area contributed by atoms with Gasteiger partial charge < -0.3 is 19.5 Å². The number of sulfonamides is 1. The van der Waals surface area contributed by atoms with Crippen LogP contribution in [-0.4, -0.2) is 66.7 Å². The van der Waals surface area contributed by atoms with Gasteiger partial charge in [-0.1, -0.05) is 43.7 Å². The fourth-order valence-corrected chi connectivity index (χ4v) is 4.49. The normalized spacial score (nSPS) is 12.1. The number of aromatic nitrogens is 2. The van der Waals surface area contributed by atoms with Crippen molar-refractivity contribution in [2.45, 2.75) is 38.8 Å². The minimum atomic E-state index is -4.72. The highest BCUT2D eigenvalue weighted by Gasteiger charge is 2.35. The molecule has 1 amide bonds. The molecule has 0 spiro atoms. The fourth-order valence-electron chi connectivity index (χ4n) is 3.60. The molecule has 18 heteroatoms. The Labute approximate surface area is 256 Å². The van der Waals surface area contributed by atoms with E-state index in [4.69, 9.17) is 9.47 Å². The number of hydrazine groups is 1. The second-order valence-electron chi connectivity index (χ2n) is 9.67. The molecule has 0 atom stereocenters. The summed E-state index contributed by atoms with van der Waals surface area (Å²) in [5.74, 6) is -0.949. The average molecular weight is 657 g/mol. The molecular formula is C27H31F3N6O8S. The highest BCUT2D eigenvalue weighted by atomic mass is 32.2. The van der Waals surface area contributed by atoms with Crippen LogP contribution in [0, 0.1) is 18.0 Å². The largest absolute Gasteiger partial charge is 0.569 e. The Hall–Kier alpha value is -4.87. The summed E-state index contributed by atoms with van der Waals surface area (Å²) in [6.45, 7) is 5.53. The molecule has 0 fully saturated rings. The maximum Gasteiger partial charge on any atom is 0.435 e. The van der Waals surface area contributed by atoms with Crippen LogP contribution in [-0.2, 0) is 35.3 Å². The van der Waals surface area contributed by atoms with Gasteiger partial charge in [-0.3, -0.25) is 4.79 Å². The Morgan fingerprint density at radius 2 is 1.76 bits per heavy atom. The lowest BCUT2D eigenvalue weighted by Gasteiger charge is -2.16. The van der Waals surface area contributed by atoms with Gasteiger partial charge >= 0.3 is 18.2 Å². The molecule has 1 aromatic heterocycles. The van der Waals surface area contributed by atoms with E-state index in [-0.39, 0.29) is 34.3 Å². The van der Waals surface area contributed by atoms with E-state index in [0.717, 1.165) is 33.5 Å². The second kappa shape index (κ2) is 14.7. The Balaban J connectivity index is 1.63. The minimum absolute atomic E-state index is 0.0459. The van der Waals surface area contributed by atoms with E-state index in [1.807, 2.05) is 6.92 Å². The van der Waals surface area contributed by atoms with Crippen LogP contribution in [0.15, 0.2) is 64.8 Å². The number of carbonyl (C=O) groups is 2. The molecule has 0 aliphatic rings. The summed E-state index contributed by atoms with van der Waals surface area (Å²) in [6, 6.07) is 12.3. The zero-order chi connectivity index (χ0) is 33.4. The monoisotopic (exact) mass is 656 g/mol. The van der Waals surface area contributed by atoms with E-state index in [1.54, 1.807) is 49.8 Å². The summed E-state index contributed by atoms with van der Waals surface area (Å²) in [4.78, 5) is 27.8. The van der Waals surface area contributed by atoms with Crippen LogP contribution in [0.4, 0.5) is 18.0 Å². The maximum atomic E-state index is 13.5. The van der Waals surface area contributed by atoms with Crippen molar-refractivity contribution < 1.29 is 50.5 Å². The number of hydrogen-bond acceptors (Lipinski definition) is 10. The van der Waals surface area contributed by atoms with Crippen molar-refractivity contribution in [3.8, 4) is 16.9 Å². The molecule has 1 heterocycles. The Bertz CT molecular complexity index is 1610. The number of ether oxygens (including phenoxy) is 2. The first kappa shape index (κ1) is 34.6. The van der Waals surface area contributed by atoms with E-state index in [0.29, 0.717) is 5.56 Å².